The van der Waals surface area contributed by atoms with Crippen LogP contribution in [0, 0.1) is 0 Å². The molecule has 0 bridgehead atoms. The smallest absolute Gasteiger partial charge is 0.124 e. The zero-order valence-electron chi connectivity index (χ0n) is 9.93. The maximum Gasteiger partial charge on any atom is 0.124 e. The molecule has 1 aromatic carbocycles. The molecule has 1 aliphatic carbocycles. The van der Waals surface area contributed by atoms with Crippen LogP contribution >= 0.6 is 0 Å². The van der Waals surface area contributed by atoms with Crippen molar-refractivity contribution in [3.63, 3.8) is 0 Å². The van der Waals surface area contributed by atoms with E-state index >= 15 is 0 Å². The van der Waals surface area contributed by atoms with E-state index in [0.717, 1.165) is 25.0 Å². The first-order chi connectivity index (χ1) is 8.34. The molecule has 2 aliphatic rings. The molecule has 3 rings (SSSR count). The van der Waals surface area contributed by atoms with Gasteiger partial charge in [-0.2, -0.15) is 0 Å². The highest BCUT2D eigenvalue weighted by molar-refractivity contribution is 5.39. The van der Waals surface area contributed by atoms with E-state index in [1.54, 1.807) is 0 Å². The average Bonchev–Trinajstić information content (AvgIpc) is 2.76. The molecule has 17 heavy (non-hydrogen) atoms. The molecule has 0 spiro atoms. The summed E-state index contributed by atoms with van der Waals surface area (Å²) in [5.74, 6) is 0.982. The molecule has 1 fully saturated rings. The van der Waals surface area contributed by atoms with Crippen molar-refractivity contribution in [1.29, 1.82) is 0 Å². The van der Waals surface area contributed by atoms with Crippen LogP contribution in [0.4, 0.5) is 0 Å². The summed E-state index contributed by atoms with van der Waals surface area (Å²) in [6.45, 7) is 0.683. The lowest BCUT2D eigenvalue weighted by molar-refractivity contribution is 0.0828. The molecule has 1 saturated carbocycles. The Bertz CT molecular complexity index is 394. The Morgan fingerprint density at radius 1 is 1.18 bits per heavy atom. The molecular weight excluding hydrogens is 214 g/mol. The van der Waals surface area contributed by atoms with Crippen LogP contribution in [-0.4, -0.2) is 23.9 Å². The molecule has 0 aromatic heterocycles. The van der Waals surface area contributed by atoms with Gasteiger partial charge in [-0.05, 0) is 18.9 Å². The summed E-state index contributed by atoms with van der Waals surface area (Å²) in [4.78, 5) is 0. The van der Waals surface area contributed by atoms with Crippen LogP contribution in [0.1, 0.15) is 37.3 Å². The first-order valence-corrected chi connectivity index (χ1v) is 6.50. The number of hydrogen-bond acceptors (Lipinski definition) is 3. The summed E-state index contributed by atoms with van der Waals surface area (Å²) < 4.78 is 5.64. The van der Waals surface area contributed by atoms with Crippen molar-refractivity contribution in [2.75, 3.05) is 6.61 Å². The van der Waals surface area contributed by atoms with Gasteiger partial charge in [0.25, 0.3) is 0 Å². The molecule has 3 atom stereocenters. The van der Waals surface area contributed by atoms with E-state index in [-0.39, 0.29) is 18.2 Å². The second-order valence-electron chi connectivity index (χ2n) is 5.03. The monoisotopic (exact) mass is 233 g/mol. The Morgan fingerprint density at radius 3 is 2.88 bits per heavy atom. The Balaban J connectivity index is 1.70. The molecule has 1 heterocycles. The fourth-order valence-electron chi connectivity index (χ4n) is 2.86. The number of nitrogens with one attached hydrogen (secondary N) is 1. The van der Waals surface area contributed by atoms with E-state index in [4.69, 9.17) is 4.74 Å². The van der Waals surface area contributed by atoms with Crippen molar-refractivity contribution >= 4 is 0 Å². The predicted octanol–water partition coefficient (Wildman–Crippen LogP) is 2.01. The van der Waals surface area contributed by atoms with Gasteiger partial charge in [0.15, 0.2) is 0 Å². The van der Waals surface area contributed by atoms with Crippen LogP contribution in [0.2, 0.25) is 0 Å². The largest absolute Gasteiger partial charge is 0.491 e. The number of fused-ring (bicyclic) bond motifs is 1. The molecule has 3 heteroatoms. The van der Waals surface area contributed by atoms with E-state index in [1.807, 2.05) is 18.2 Å². The summed E-state index contributed by atoms with van der Waals surface area (Å²) in [6, 6.07) is 8.62. The second-order valence-corrected chi connectivity index (χ2v) is 5.03. The van der Waals surface area contributed by atoms with Crippen molar-refractivity contribution < 1.29 is 9.84 Å². The molecule has 2 N–H and O–H groups in total. The number of rotatable bonds is 2. The lowest BCUT2D eigenvalue weighted by atomic mass is 9.91. The van der Waals surface area contributed by atoms with Gasteiger partial charge in [-0.15, -0.1) is 0 Å². The van der Waals surface area contributed by atoms with E-state index in [2.05, 4.69) is 11.4 Å². The Kier molecular flexibility index (Phi) is 3.04. The first-order valence-electron chi connectivity index (χ1n) is 6.50. The fraction of sp³-hybridized carbons (Fsp3) is 0.571. The number of benzene rings is 1. The Morgan fingerprint density at radius 2 is 2.00 bits per heavy atom. The van der Waals surface area contributed by atoms with Crippen LogP contribution in [0.3, 0.4) is 0 Å². The number of aliphatic hydroxyl groups is 1. The second kappa shape index (κ2) is 4.67. The molecule has 0 saturated heterocycles. The molecule has 3 nitrogen and oxygen atoms in total. The molecular formula is C14H19NO2. The van der Waals surface area contributed by atoms with E-state index in [0.29, 0.717) is 6.61 Å². The quantitative estimate of drug-likeness (QED) is 0.821. The average molecular weight is 233 g/mol. The molecule has 1 aliphatic heterocycles. The SMILES string of the molecule is O[C@H]1CCCC[C@@H]1NC1COc2ccccc21. The van der Waals surface area contributed by atoms with Gasteiger partial charge in [0.2, 0.25) is 0 Å². The summed E-state index contributed by atoms with van der Waals surface area (Å²) in [7, 11) is 0. The van der Waals surface area contributed by atoms with E-state index in [1.165, 1.54) is 12.0 Å². The van der Waals surface area contributed by atoms with Gasteiger partial charge in [0.1, 0.15) is 12.4 Å². The number of ether oxygens (including phenoxy) is 1. The van der Waals surface area contributed by atoms with Gasteiger partial charge in [-0.3, -0.25) is 0 Å². The van der Waals surface area contributed by atoms with Crippen molar-refractivity contribution in [3.8, 4) is 5.75 Å². The van der Waals surface area contributed by atoms with Crippen LogP contribution in [0.25, 0.3) is 0 Å². The highest BCUT2D eigenvalue weighted by Gasteiger charge is 2.30. The molecule has 0 amide bonds. The minimum atomic E-state index is -0.198. The third-order valence-corrected chi connectivity index (χ3v) is 3.84. The number of hydrogen-bond donors (Lipinski definition) is 2. The predicted molar refractivity (Wildman–Crippen MR) is 66.1 cm³/mol. The number of para-hydroxylation sites is 1. The van der Waals surface area contributed by atoms with Gasteiger partial charge in [-0.1, -0.05) is 31.0 Å². The summed E-state index contributed by atoms with van der Waals surface area (Å²) >= 11 is 0. The lowest BCUT2D eigenvalue weighted by Crippen LogP contribution is -2.44. The van der Waals surface area contributed by atoms with Crippen LogP contribution < -0.4 is 10.1 Å². The van der Waals surface area contributed by atoms with E-state index < -0.39 is 0 Å². The summed E-state index contributed by atoms with van der Waals surface area (Å²) in [5.41, 5.74) is 1.23. The molecule has 1 unspecified atom stereocenters. The number of aliphatic hydroxyl groups excluding tert-OH is 1. The van der Waals surface area contributed by atoms with Crippen molar-refractivity contribution in [2.45, 2.75) is 43.9 Å². The minimum absolute atomic E-state index is 0.198. The van der Waals surface area contributed by atoms with Crippen LogP contribution in [0.5, 0.6) is 5.75 Å². The van der Waals surface area contributed by atoms with Gasteiger partial charge in [0.05, 0.1) is 12.1 Å². The minimum Gasteiger partial charge on any atom is -0.491 e. The zero-order valence-corrected chi connectivity index (χ0v) is 9.93. The van der Waals surface area contributed by atoms with E-state index in [9.17, 15) is 5.11 Å². The lowest BCUT2D eigenvalue weighted by Gasteiger charge is -2.30. The highest BCUT2D eigenvalue weighted by atomic mass is 16.5. The van der Waals surface area contributed by atoms with Gasteiger partial charge >= 0.3 is 0 Å². The first kappa shape index (κ1) is 11.1. The third-order valence-electron chi connectivity index (χ3n) is 3.84. The third kappa shape index (κ3) is 2.17. The highest BCUT2D eigenvalue weighted by Crippen LogP contribution is 2.33. The van der Waals surface area contributed by atoms with Crippen molar-refractivity contribution in [1.82, 2.24) is 5.32 Å². The topological polar surface area (TPSA) is 41.5 Å². The Hall–Kier alpha value is -1.06. The van der Waals surface area contributed by atoms with Gasteiger partial charge in [0, 0.05) is 11.6 Å². The maximum atomic E-state index is 9.97. The fourth-order valence-corrected chi connectivity index (χ4v) is 2.86. The van der Waals surface area contributed by atoms with Crippen LogP contribution in [-0.2, 0) is 0 Å². The standard InChI is InChI=1S/C14H19NO2/c16-13-7-3-2-6-11(13)15-12-9-17-14-8-4-1-5-10(12)14/h1,4-5,8,11-13,15-16H,2-3,6-7,9H2/t11-,12?,13-/m0/s1. The van der Waals surface area contributed by atoms with Crippen molar-refractivity contribution in [3.05, 3.63) is 29.8 Å². The maximum absolute atomic E-state index is 9.97. The van der Waals surface area contributed by atoms with Gasteiger partial charge < -0.3 is 15.2 Å². The Labute approximate surface area is 102 Å². The normalized spacial score (nSPS) is 31.9. The summed E-state index contributed by atoms with van der Waals surface area (Å²) in [6.07, 6.45) is 4.16. The molecule has 0 radical (unpaired) electrons. The van der Waals surface area contributed by atoms with Gasteiger partial charge in [-0.25, -0.2) is 0 Å². The zero-order chi connectivity index (χ0) is 11.7. The molecule has 92 valence electrons. The summed E-state index contributed by atoms with van der Waals surface area (Å²) in [5, 5.41) is 13.5. The van der Waals surface area contributed by atoms with Crippen LogP contribution in [0.15, 0.2) is 24.3 Å². The molecule has 1 aromatic rings. The van der Waals surface area contributed by atoms with Crippen molar-refractivity contribution in [2.24, 2.45) is 0 Å².